The van der Waals surface area contributed by atoms with E-state index in [0.717, 1.165) is 22.5 Å². The van der Waals surface area contributed by atoms with Gasteiger partial charge in [-0.1, -0.05) is 26.0 Å². The van der Waals surface area contributed by atoms with Gasteiger partial charge >= 0.3 is 0 Å². The van der Waals surface area contributed by atoms with Crippen molar-refractivity contribution >= 4 is 11.8 Å². The Morgan fingerprint density at radius 2 is 1.64 bits per heavy atom. The van der Waals surface area contributed by atoms with E-state index in [-0.39, 0.29) is 18.0 Å². The van der Waals surface area contributed by atoms with Crippen molar-refractivity contribution in [3.8, 4) is 11.5 Å². The maximum atomic E-state index is 15.1. The van der Waals surface area contributed by atoms with Crippen molar-refractivity contribution in [3.63, 3.8) is 0 Å². The molecule has 0 amide bonds. The van der Waals surface area contributed by atoms with Crippen molar-refractivity contribution in [1.82, 2.24) is 0 Å². The minimum Gasteiger partial charge on any atom is -0.493 e. The molecule has 33 heavy (non-hydrogen) atoms. The third-order valence-electron chi connectivity index (χ3n) is 5.88. The molecular formula is C26H29F3O3S. The van der Waals surface area contributed by atoms with E-state index in [4.69, 9.17) is 14.2 Å². The third-order valence-corrected chi connectivity index (χ3v) is 6.94. The maximum absolute atomic E-state index is 15.1. The number of ether oxygens (including phenoxy) is 3. The second-order valence-electron chi connectivity index (χ2n) is 8.23. The Labute approximate surface area is 197 Å². The molecule has 0 spiro atoms. The number of methoxy groups -OCH3 is 2. The first-order valence-corrected chi connectivity index (χ1v) is 11.7. The number of benzene rings is 2. The molecule has 0 heterocycles. The molecular weight excluding hydrogens is 449 g/mol. The number of rotatable bonds is 10. The average molecular weight is 479 g/mol. The molecule has 0 bridgehead atoms. The summed E-state index contributed by atoms with van der Waals surface area (Å²) >= 11 is 1.50. The van der Waals surface area contributed by atoms with E-state index in [1.807, 2.05) is 32.0 Å². The zero-order chi connectivity index (χ0) is 24.0. The molecule has 7 heteroatoms. The van der Waals surface area contributed by atoms with Gasteiger partial charge < -0.3 is 14.2 Å². The molecule has 178 valence electrons. The van der Waals surface area contributed by atoms with Gasteiger partial charge in [-0.2, -0.15) is 0 Å². The van der Waals surface area contributed by atoms with E-state index >= 15 is 4.39 Å². The summed E-state index contributed by atoms with van der Waals surface area (Å²) in [4.78, 5) is 0.931. The van der Waals surface area contributed by atoms with Crippen molar-refractivity contribution < 1.29 is 27.4 Å². The van der Waals surface area contributed by atoms with Gasteiger partial charge in [-0.15, -0.1) is 11.8 Å². The van der Waals surface area contributed by atoms with Gasteiger partial charge in [0.15, 0.2) is 11.5 Å². The fourth-order valence-corrected chi connectivity index (χ4v) is 4.77. The SMILES string of the molecule is COc1ccc(C(C)(C)C2=C(F)C=C(SCCOCc3c(F)cccc3F)CC2)cc1OC. The van der Waals surface area contributed by atoms with Crippen molar-refractivity contribution in [2.75, 3.05) is 26.6 Å². The fraction of sp³-hybridized carbons (Fsp3) is 0.385. The highest BCUT2D eigenvalue weighted by atomic mass is 32.2. The monoisotopic (exact) mass is 478 g/mol. The van der Waals surface area contributed by atoms with Crippen LogP contribution in [0.2, 0.25) is 0 Å². The van der Waals surface area contributed by atoms with Crippen LogP contribution in [0.3, 0.4) is 0 Å². The molecule has 0 aromatic heterocycles. The summed E-state index contributed by atoms with van der Waals surface area (Å²) in [5.74, 6) is 0.362. The molecule has 3 rings (SSSR count). The van der Waals surface area contributed by atoms with Crippen LogP contribution in [0.1, 0.15) is 37.8 Å². The van der Waals surface area contributed by atoms with Crippen LogP contribution >= 0.6 is 11.8 Å². The first-order chi connectivity index (χ1) is 15.8. The highest BCUT2D eigenvalue weighted by Crippen LogP contribution is 2.43. The number of hydrogen-bond donors (Lipinski definition) is 0. The second-order valence-corrected chi connectivity index (χ2v) is 9.45. The Hall–Kier alpha value is -2.38. The lowest BCUT2D eigenvalue weighted by Crippen LogP contribution is -2.23. The van der Waals surface area contributed by atoms with Crippen LogP contribution in [0.25, 0.3) is 0 Å². The maximum Gasteiger partial charge on any atom is 0.161 e. The first kappa shape index (κ1) is 25.2. The lowest BCUT2D eigenvalue weighted by Gasteiger charge is -2.32. The van der Waals surface area contributed by atoms with E-state index in [1.165, 1.54) is 30.0 Å². The molecule has 0 atom stereocenters. The standard InChI is InChI=1S/C26H29F3O3S/c1-26(2,17-8-11-24(30-3)25(14-17)31-4)20-10-9-18(15-23(20)29)33-13-12-32-16-19-21(27)6-5-7-22(19)28/h5-8,11,14-15H,9-10,12-13,16H2,1-4H3. The summed E-state index contributed by atoms with van der Waals surface area (Å²) in [5.41, 5.74) is 1.10. The predicted molar refractivity (Wildman–Crippen MR) is 126 cm³/mol. The van der Waals surface area contributed by atoms with Gasteiger partial charge in [0.1, 0.15) is 17.5 Å². The lowest BCUT2D eigenvalue weighted by atomic mass is 9.74. The van der Waals surface area contributed by atoms with E-state index in [9.17, 15) is 8.78 Å². The van der Waals surface area contributed by atoms with Crippen LogP contribution < -0.4 is 9.47 Å². The van der Waals surface area contributed by atoms with E-state index < -0.39 is 17.0 Å². The van der Waals surface area contributed by atoms with Crippen molar-refractivity contribution in [3.05, 3.63) is 81.5 Å². The quantitative estimate of drug-likeness (QED) is 0.340. The summed E-state index contributed by atoms with van der Waals surface area (Å²) < 4.78 is 58.5. The van der Waals surface area contributed by atoms with E-state index in [1.54, 1.807) is 20.3 Å². The zero-order valence-corrected chi connectivity index (χ0v) is 20.2. The molecule has 1 aliphatic rings. The van der Waals surface area contributed by atoms with Crippen molar-refractivity contribution in [2.45, 2.75) is 38.7 Å². The molecule has 0 fully saturated rings. The minimum absolute atomic E-state index is 0.0737. The Balaban J connectivity index is 1.60. The summed E-state index contributed by atoms with van der Waals surface area (Å²) in [6, 6.07) is 9.40. The molecule has 0 aliphatic heterocycles. The molecule has 0 unspecified atom stereocenters. The Morgan fingerprint density at radius 1 is 0.939 bits per heavy atom. The van der Waals surface area contributed by atoms with Crippen LogP contribution in [0.4, 0.5) is 13.2 Å². The summed E-state index contributed by atoms with van der Waals surface area (Å²) in [6.45, 7) is 4.19. The van der Waals surface area contributed by atoms with Crippen LogP contribution in [0.15, 0.2) is 58.8 Å². The van der Waals surface area contributed by atoms with Gasteiger partial charge in [0.25, 0.3) is 0 Å². The molecule has 0 saturated heterocycles. The summed E-state index contributed by atoms with van der Waals surface area (Å²) in [7, 11) is 3.16. The Morgan fingerprint density at radius 3 is 2.27 bits per heavy atom. The highest BCUT2D eigenvalue weighted by molar-refractivity contribution is 8.03. The molecule has 0 N–H and O–H groups in total. The van der Waals surface area contributed by atoms with Crippen molar-refractivity contribution in [2.24, 2.45) is 0 Å². The summed E-state index contributed by atoms with van der Waals surface area (Å²) in [5, 5.41) is 0. The predicted octanol–water partition coefficient (Wildman–Crippen LogP) is 7.11. The number of hydrogen-bond acceptors (Lipinski definition) is 4. The van der Waals surface area contributed by atoms with Crippen LogP contribution in [0.5, 0.6) is 11.5 Å². The van der Waals surface area contributed by atoms with Gasteiger partial charge in [0, 0.05) is 16.7 Å². The number of thioether (sulfide) groups is 1. The first-order valence-electron chi connectivity index (χ1n) is 10.7. The molecule has 2 aromatic rings. The normalized spacial score (nSPS) is 14.3. The molecule has 1 aliphatic carbocycles. The molecule has 3 nitrogen and oxygen atoms in total. The van der Waals surface area contributed by atoms with Gasteiger partial charge in [0.2, 0.25) is 0 Å². The van der Waals surface area contributed by atoms with Crippen LogP contribution in [-0.4, -0.2) is 26.6 Å². The largest absolute Gasteiger partial charge is 0.493 e. The topological polar surface area (TPSA) is 27.7 Å². The van der Waals surface area contributed by atoms with Crippen molar-refractivity contribution in [1.29, 1.82) is 0 Å². The molecule has 0 radical (unpaired) electrons. The Bertz CT molecular complexity index is 1030. The summed E-state index contributed by atoms with van der Waals surface area (Å²) in [6.07, 6.45) is 2.92. The number of allylic oxidation sites excluding steroid dienone is 4. The van der Waals surface area contributed by atoms with Gasteiger partial charge in [-0.3, -0.25) is 0 Å². The molecule has 0 saturated carbocycles. The average Bonchev–Trinajstić information content (AvgIpc) is 2.79. The van der Waals surface area contributed by atoms with E-state index in [2.05, 4.69) is 0 Å². The smallest absolute Gasteiger partial charge is 0.161 e. The molecule has 2 aromatic carbocycles. The van der Waals surface area contributed by atoms with E-state index in [0.29, 0.717) is 30.3 Å². The van der Waals surface area contributed by atoms with Crippen LogP contribution in [0, 0.1) is 11.6 Å². The van der Waals surface area contributed by atoms with Gasteiger partial charge in [-0.05, 0) is 59.2 Å². The highest BCUT2D eigenvalue weighted by Gasteiger charge is 2.31. The van der Waals surface area contributed by atoms with Crippen LogP contribution in [-0.2, 0) is 16.8 Å². The second kappa shape index (κ2) is 11.2. The number of halogens is 3. The van der Waals surface area contributed by atoms with Gasteiger partial charge in [0.05, 0.1) is 27.4 Å². The lowest BCUT2D eigenvalue weighted by molar-refractivity contribution is 0.131. The third kappa shape index (κ3) is 5.95. The zero-order valence-electron chi connectivity index (χ0n) is 19.3. The Kier molecular flexibility index (Phi) is 8.54. The fourth-order valence-electron chi connectivity index (χ4n) is 3.87. The van der Waals surface area contributed by atoms with Gasteiger partial charge in [-0.25, -0.2) is 13.2 Å². The minimum atomic E-state index is -0.616.